The van der Waals surface area contributed by atoms with Gasteiger partial charge in [-0.1, -0.05) is 25.1 Å². The second-order valence-electron chi connectivity index (χ2n) is 11.1. The number of fused-ring (bicyclic) bond motifs is 4. The number of amides is 1. The van der Waals surface area contributed by atoms with Crippen LogP contribution in [0.2, 0.25) is 0 Å². The van der Waals surface area contributed by atoms with Crippen LogP contribution in [-0.4, -0.2) is 87.0 Å². The van der Waals surface area contributed by atoms with Gasteiger partial charge in [-0.15, -0.1) is 0 Å². The molecular formula is C29H33N3O7. The molecule has 0 aromatic heterocycles. The number of aromatic hydroxyl groups is 1. The minimum Gasteiger partial charge on any atom is -0.508 e. The van der Waals surface area contributed by atoms with Crippen molar-refractivity contribution in [3.63, 3.8) is 0 Å². The fourth-order valence-corrected chi connectivity index (χ4v) is 6.58. The standard InChI is InChI=1S/C29H33N3O7/c1-5-32(4)12-13-6-7-14-9-15-10-16-11-18-22(31(2)3)25(35)21(28(30)38)27(37)29(18,39)26(36)20(16)24(34)19(15)23(33)17(14)8-13/h6-9,16,18,22,33-34,37,39H,5,10-12H2,1-4H3,(H2,30,38)/t16-,18-,22-,29-/m0/s1. The van der Waals surface area contributed by atoms with Crippen molar-refractivity contribution in [3.05, 3.63) is 57.9 Å². The lowest BCUT2D eigenvalue weighted by Gasteiger charge is -2.50. The van der Waals surface area contributed by atoms with Crippen molar-refractivity contribution < 1.29 is 34.8 Å². The number of ketones is 2. The molecule has 2 aromatic carbocycles. The van der Waals surface area contributed by atoms with Crippen LogP contribution in [0.15, 0.2) is 41.2 Å². The number of carbonyl (C=O) groups excluding carboxylic acids is 3. The van der Waals surface area contributed by atoms with Gasteiger partial charge in [0.1, 0.15) is 22.8 Å². The third kappa shape index (κ3) is 3.77. The van der Waals surface area contributed by atoms with Crippen molar-refractivity contribution in [2.75, 3.05) is 27.7 Å². The lowest BCUT2D eigenvalue weighted by atomic mass is 9.57. The number of nitrogens with two attached hydrogens (primary N) is 1. The van der Waals surface area contributed by atoms with Gasteiger partial charge in [-0.25, -0.2) is 0 Å². The summed E-state index contributed by atoms with van der Waals surface area (Å²) in [5.41, 5.74) is 3.43. The summed E-state index contributed by atoms with van der Waals surface area (Å²) in [7, 11) is 5.13. The van der Waals surface area contributed by atoms with Crippen molar-refractivity contribution in [3.8, 4) is 5.75 Å². The van der Waals surface area contributed by atoms with Gasteiger partial charge in [0.25, 0.3) is 5.91 Å². The predicted octanol–water partition coefficient (Wildman–Crippen LogP) is 1.57. The van der Waals surface area contributed by atoms with Crippen molar-refractivity contribution >= 4 is 34.0 Å². The fraction of sp³-hybridized carbons (Fsp3) is 0.414. The van der Waals surface area contributed by atoms with E-state index in [1.165, 1.54) is 4.90 Å². The topological polar surface area (TPSA) is 165 Å². The van der Waals surface area contributed by atoms with E-state index in [0.717, 1.165) is 17.5 Å². The summed E-state index contributed by atoms with van der Waals surface area (Å²) in [6, 6.07) is 6.50. The average Bonchev–Trinajstić information content (AvgIpc) is 2.86. The van der Waals surface area contributed by atoms with E-state index in [2.05, 4.69) is 4.90 Å². The Morgan fingerprint density at radius 3 is 2.44 bits per heavy atom. The molecule has 2 aromatic rings. The zero-order chi connectivity index (χ0) is 28.5. The highest BCUT2D eigenvalue weighted by molar-refractivity contribution is 6.24. The molecule has 39 heavy (non-hydrogen) atoms. The van der Waals surface area contributed by atoms with Crippen molar-refractivity contribution in [1.29, 1.82) is 0 Å². The van der Waals surface area contributed by atoms with E-state index >= 15 is 0 Å². The minimum atomic E-state index is -2.64. The molecule has 0 heterocycles. The molecule has 0 spiro atoms. The molecule has 0 radical (unpaired) electrons. The van der Waals surface area contributed by atoms with Gasteiger partial charge >= 0.3 is 0 Å². The highest BCUT2D eigenvalue weighted by atomic mass is 16.3. The molecule has 4 atom stereocenters. The van der Waals surface area contributed by atoms with E-state index in [1.54, 1.807) is 14.1 Å². The van der Waals surface area contributed by atoms with E-state index in [0.29, 0.717) is 17.5 Å². The van der Waals surface area contributed by atoms with E-state index in [4.69, 9.17) is 5.73 Å². The maximum atomic E-state index is 13.9. The third-order valence-corrected chi connectivity index (χ3v) is 8.58. The summed E-state index contributed by atoms with van der Waals surface area (Å²) < 4.78 is 0. The van der Waals surface area contributed by atoms with Crippen LogP contribution < -0.4 is 5.73 Å². The molecule has 1 saturated carbocycles. The number of likely N-dealkylation sites (N-methyl/N-ethyl adjacent to an activating group) is 1. The zero-order valence-corrected chi connectivity index (χ0v) is 22.4. The minimum absolute atomic E-state index is 0.0624. The number of carbonyl (C=O) groups is 3. The summed E-state index contributed by atoms with van der Waals surface area (Å²) in [4.78, 5) is 42.8. The SMILES string of the molecule is CCN(C)Cc1ccc2cc3c(c(O)c2c1)C(O)=C1C(=O)[C@]2(O)C(O)=C(C(N)=O)C(=O)[C@@H](N(C)C)[C@@H]2C[C@@H]1C3. The summed E-state index contributed by atoms with van der Waals surface area (Å²) in [6.07, 6.45) is 0.325. The van der Waals surface area contributed by atoms with Crippen LogP contribution >= 0.6 is 0 Å². The summed E-state index contributed by atoms with van der Waals surface area (Å²) >= 11 is 0. The Balaban J connectivity index is 1.69. The average molecular weight is 536 g/mol. The molecule has 0 saturated heterocycles. The van der Waals surface area contributed by atoms with Crippen LogP contribution in [0.1, 0.15) is 30.0 Å². The first-order valence-electron chi connectivity index (χ1n) is 12.9. The quantitative estimate of drug-likeness (QED) is 0.357. The summed E-state index contributed by atoms with van der Waals surface area (Å²) in [5, 5.41) is 46.7. The number of aliphatic hydroxyl groups is 3. The number of rotatable bonds is 5. The Kier molecular flexibility index (Phi) is 6.32. The van der Waals surface area contributed by atoms with Gasteiger partial charge < -0.3 is 31.1 Å². The number of aliphatic hydroxyl groups excluding tert-OH is 2. The van der Waals surface area contributed by atoms with Crippen molar-refractivity contribution in [2.45, 2.75) is 38.0 Å². The molecular weight excluding hydrogens is 502 g/mol. The third-order valence-electron chi connectivity index (χ3n) is 8.58. The van der Waals surface area contributed by atoms with E-state index in [-0.39, 0.29) is 29.7 Å². The lowest BCUT2D eigenvalue weighted by molar-refractivity contribution is -0.153. The maximum absolute atomic E-state index is 13.9. The number of phenols is 1. The van der Waals surface area contributed by atoms with Gasteiger partial charge in [0.15, 0.2) is 11.4 Å². The molecule has 3 aliphatic carbocycles. The largest absolute Gasteiger partial charge is 0.508 e. The maximum Gasteiger partial charge on any atom is 0.255 e. The monoisotopic (exact) mass is 535 g/mol. The van der Waals surface area contributed by atoms with E-state index in [1.807, 2.05) is 38.2 Å². The number of phenolic OH excluding ortho intramolecular Hbond substituents is 1. The first-order valence-corrected chi connectivity index (χ1v) is 12.9. The van der Waals surface area contributed by atoms with Gasteiger partial charge in [-0.3, -0.25) is 19.3 Å². The van der Waals surface area contributed by atoms with Crippen molar-refractivity contribution in [2.24, 2.45) is 17.6 Å². The Hall–Kier alpha value is -3.73. The summed E-state index contributed by atoms with van der Waals surface area (Å²) in [5.74, 6) is -6.49. The van der Waals surface area contributed by atoms with Crippen LogP contribution in [0.4, 0.5) is 0 Å². The second-order valence-corrected chi connectivity index (χ2v) is 11.1. The Morgan fingerprint density at radius 2 is 1.82 bits per heavy atom. The van der Waals surface area contributed by atoms with Gasteiger partial charge in [-0.05, 0) is 69.0 Å². The summed E-state index contributed by atoms with van der Waals surface area (Å²) in [6.45, 7) is 3.54. The number of hydrogen-bond donors (Lipinski definition) is 5. The van der Waals surface area contributed by atoms with Crippen molar-refractivity contribution in [1.82, 2.24) is 9.80 Å². The molecule has 0 bridgehead atoms. The van der Waals surface area contributed by atoms with Crippen LogP contribution in [0.5, 0.6) is 5.75 Å². The molecule has 1 fully saturated rings. The molecule has 206 valence electrons. The molecule has 1 amide bonds. The molecule has 3 aliphatic rings. The first kappa shape index (κ1) is 26.9. The van der Waals surface area contributed by atoms with E-state index < -0.39 is 58.0 Å². The van der Waals surface area contributed by atoms with Crippen LogP contribution in [0.3, 0.4) is 0 Å². The first-order chi connectivity index (χ1) is 18.3. The molecule has 10 heteroatoms. The van der Waals surface area contributed by atoms with Gasteiger partial charge in [0, 0.05) is 23.4 Å². The number of primary amides is 1. The van der Waals surface area contributed by atoms with Crippen LogP contribution in [0.25, 0.3) is 16.5 Å². The number of nitrogens with zero attached hydrogens (tertiary/aromatic N) is 2. The second kappa shape index (κ2) is 9.18. The predicted molar refractivity (Wildman–Crippen MR) is 144 cm³/mol. The Labute approximate surface area is 225 Å². The number of hydrogen-bond acceptors (Lipinski definition) is 9. The fourth-order valence-electron chi connectivity index (χ4n) is 6.58. The van der Waals surface area contributed by atoms with Gasteiger partial charge in [0.05, 0.1) is 11.6 Å². The Morgan fingerprint density at radius 1 is 1.13 bits per heavy atom. The highest BCUT2D eigenvalue weighted by Gasteiger charge is 2.64. The highest BCUT2D eigenvalue weighted by Crippen LogP contribution is 2.53. The molecule has 5 rings (SSSR count). The van der Waals surface area contributed by atoms with E-state index in [9.17, 15) is 34.8 Å². The van der Waals surface area contributed by atoms with Gasteiger partial charge in [-0.2, -0.15) is 0 Å². The normalized spacial score (nSPS) is 26.8. The van der Waals surface area contributed by atoms with Gasteiger partial charge in [0.2, 0.25) is 5.78 Å². The number of benzene rings is 2. The molecule has 6 N–H and O–H groups in total. The Bertz CT molecular complexity index is 1510. The molecule has 10 nitrogen and oxygen atoms in total. The number of Topliss-reactive ketones (excluding diaryl/α,β-unsaturated/α-hetero) is 2. The van der Waals surface area contributed by atoms with Crippen LogP contribution in [0, 0.1) is 11.8 Å². The molecule has 0 aliphatic heterocycles. The molecule has 0 unspecified atom stereocenters. The lowest BCUT2D eigenvalue weighted by Crippen LogP contribution is -2.65. The smallest absolute Gasteiger partial charge is 0.255 e. The van der Waals surface area contributed by atoms with Crippen LogP contribution in [-0.2, 0) is 27.3 Å². The zero-order valence-electron chi connectivity index (χ0n) is 22.4.